The number of carbonyl (C=O) groups is 1. The molecule has 0 N–H and O–H groups in total. The summed E-state index contributed by atoms with van der Waals surface area (Å²) in [6, 6.07) is 1.24. The number of nitro groups is 1. The molecule has 22 heavy (non-hydrogen) atoms. The molecular weight excluding hydrogens is 288 g/mol. The average molecular weight is 306 g/mol. The van der Waals surface area contributed by atoms with Crippen LogP contribution in [0.15, 0.2) is 24.7 Å². The van der Waals surface area contributed by atoms with Gasteiger partial charge in [-0.2, -0.15) is 10.2 Å². The predicted molar refractivity (Wildman–Crippen MR) is 78.0 cm³/mol. The summed E-state index contributed by atoms with van der Waals surface area (Å²) >= 11 is 0. The minimum absolute atomic E-state index is 0.135. The van der Waals surface area contributed by atoms with Gasteiger partial charge in [-0.15, -0.1) is 0 Å². The molecule has 0 radical (unpaired) electrons. The van der Waals surface area contributed by atoms with Crippen LogP contribution in [0.5, 0.6) is 0 Å². The van der Waals surface area contributed by atoms with Gasteiger partial charge in [0.15, 0.2) is 0 Å². The molecule has 9 nitrogen and oxygen atoms in total. The molecule has 2 rings (SSSR count). The van der Waals surface area contributed by atoms with Crippen molar-refractivity contribution in [3.05, 3.63) is 40.5 Å². The molecule has 0 bridgehead atoms. The van der Waals surface area contributed by atoms with Crippen LogP contribution in [-0.2, 0) is 17.9 Å². The van der Waals surface area contributed by atoms with Gasteiger partial charge in [-0.05, 0) is 19.9 Å². The maximum absolute atomic E-state index is 12.4. The molecule has 0 aliphatic heterocycles. The third-order valence-electron chi connectivity index (χ3n) is 3.35. The van der Waals surface area contributed by atoms with Crippen LogP contribution in [-0.4, -0.2) is 42.3 Å². The van der Waals surface area contributed by atoms with E-state index in [1.54, 1.807) is 18.7 Å². The minimum atomic E-state index is -0.619. The van der Waals surface area contributed by atoms with E-state index in [2.05, 4.69) is 10.2 Å². The predicted octanol–water partition coefficient (Wildman–Crippen LogP) is 1.23. The SMILES string of the molecule is CCn1ccc(CN(C)C(=O)C(C)n2cc([N+](=O)[O-])cn2)n1. The Bertz CT molecular complexity index is 677. The monoisotopic (exact) mass is 306 g/mol. The molecule has 9 heteroatoms. The topological polar surface area (TPSA) is 99.1 Å². The first-order valence-corrected chi connectivity index (χ1v) is 6.88. The van der Waals surface area contributed by atoms with Crippen LogP contribution in [0.1, 0.15) is 25.6 Å². The molecule has 1 amide bonds. The number of nitrogens with zero attached hydrogens (tertiary/aromatic N) is 6. The molecule has 0 saturated carbocycles. The zero-order valence-corrected chi connectivity index (χ0v) is 12.7. The molecule has 0 aliphatic carbocycles. The molecule has 1 atom stereocenters. The Morgan fingerprint density at radius 2 is 2.27 bits per heavy atom. The Kier molecular flexibility index (Phi) is 4.54. The lowest BCUT2D eigenvalue weighted by Gasteiger charge is -2.20. The zero-order chi connectivity index (χ0) is 16.3. The number of hydrogen-bond donors (Lipinski definition) is 0. The summed E-state index contributed by atoms with van der Waals surface area (Å²) in [7, 11) is 1.67. The lowest BCUT2D eigenvalue weighted by atomic mass is 10.3. The molecule has 0 spiro atoms. The molecule has 2 aromatic heterocycles. The highest BCUT2D eigenvalue weighted by Crippen LogP contribution is 2.15. The van der Waals surface area contributed by atoms with E-state index in [1.807, 2.05) is 19.2 Å². The first kappa shape index (κ1) is 15.7. The second-order valence-electron chi connectivity index (χ2n) is 4.97. The van der Waals surface area contributed by atoms with Crippen molar-refractivity contribution in [1.82, 2.24) is 24.5 Å². The number of amides is 1. The number of rotatable bonds is 6. The summed E-state index contributed by atoms with van der Waals surface area (Å²) in [6.45, 7) is 4.78. The largest absolute Gasteiger partial charge is 0.338 e. The summed E-state index contributed by atoms with van der Waals surface area (Å²) in [5.74, 6) is -0.191. The van der Waals surface area contributed by atoms with Gasteiger partial charge in [0.05, 0.1) is 17.2 Å². The van der Waals surface area contributed by atoms with Gasteiger partial charge in [-0.25, -0.2) is 0 Å². The van der Waals surface area contributed by atoms with E-state index in [0.29, 0.717) is 6.54 Å². The van der Waals surface area contributed by atoms with Crippen LogP contribution >= 0.6 is 0 Å². The molecule has 1 unspecified atom stereocenters. The van der Waals surface area contributed by atoms with E-state index < -0.39 is 11.0 Å². The third-order valence-corrected chi connectivity index (χ3v) is 3.35. The lowest BCUT2D eigenvalue weighted by molar-refractivity contribution is -0.385. The van der Waals surface area contributed by atoms with Crippen LogP contribution in [0.4, 0.5) is 5.69 Å². The van der Waals surface area contributed by atoms with Crippen LogP contribution in [0.2, 0.25) is 0 Å². The van der Waals surface area contributed by atoms with Crippen molar-refractivity contribution in [2.75, 3.05) is 7.05 Å². The van der Waals surface area contributed by atoms with Gasteiger partial charge in [0.2, 0.25) is 5.91 Å². The maximum Gasteiger partial charge on any atom is 0.307 e. The fourth-order valence-electron chi connectivity index (χ4n) is 2.05. The Labute approximate surface area is 127 Å². The number of aromatic nitrogens is 4. The first-order chi connectivity index (χ1) is 10.4. The Balaban J connectivity index is 2.03. The molecule has 0 aromatic carbocycles. The highest BCUT2D eigenvalue weighted by atomic mass is 16.6. The van der Waals surface area contributed by atoms with Crippen molar-refractivity contribution < 1.29 is 9.72 Å². The van der Waals surface area contributed by atoms with E-state index in [-0.39, 0.29) is 11.6 Å². The number of carbonyl (C=O) groups excluding carboxylic acids is 1. The second kappa shape index (κ2) is 6.37. The second-order valence-corrected chi connectivity index (χ2v) is 4.97. The Morgan fingerprint density at radius 3 is 2.82 bits per heavy atom. The summed E-state index contributed by atoms with van der Waals surface area (Å²) in [5, 5.41) is 18.9. The van der Waals surface area contributed by atoms with Crippen LogP contribution in [0, 0.1) is 10.1 Å². The normalized spacial score (nSPS) is 12.1. The van der Waals surface area contributed by atoms with Crippen molar-refractivity contribution in [3.63, 3.8) is 0 Å². The zero-order valence-electron chi connectivity index (χ0n) is 12.7. The summed E-state index contributed by atoms with van der Waals surface area (Å²) < 4.78 is 3.08. The smallest absolute Gasteiger partial charge is 0.307 e. The van der Waals surface area contributed by atoms with Crippen molar-refractivity contribution in [2.24, 2.45) is 0 Å². The van der Waals surface area contributed by atoms with Gasteiger partial charge in [0.1, 0.15) is 18.4 Å². The van der Waals surface area contributed by atoms with Crippen molar-refractivity contribution in [1.29, 1.82) is 0 Å². The highest BCUT2D eigenvalue weighted by molar-refractivity contribution is 5.79. The van der Waals surface area contributed by atoms with Gasteiger partial charge in [-0.3, -0.25) is 24.3 Å². The third kappa shape index (κ3) is 3.30. The van der Waals surface area contributed by atoms with Crippen molar-refractivity contribution >= 4 is 11.6 Å². The summed E-state index contributed by atoms with van der Waals surface area (Å²) in [6.07, 6.45) is 4.24. The van der Waals surface area contributed by atoms with Crippen LogP contribution < -0.4 is 0 Å². The fourth-order valence-corrected chi connectivity index (χ4v) is 2.05. The molecule has 0 fully saturated rings. The van der Waals surface area contributed by atoms with Gasteiger partial charge < -0.3 is 4.90 Å². The molecule has 2 aromatic rings. The van der Waals surface area contributed by atoms with Gasteiger partial charge in [-0.1, -0.05) is 0 Å². The molecule has 0 saturated heterocycles. The van der Waals surface area contributed by atoms with Gasteiger partial charge >= 0.3 is 5.69 Å². The van der Waals surface area contributed by atoms with E-state index in [1.165, 1.54) is 15.8 Å². The van der Waals surface area contributed by atoms with Gasteiger partial charge in [0.25, 0.3) is 0 Å². The highest BCUT2D eigenvalue weighted by Gasteiger charge is 2.22. The number of hydrogen-bond acceptors (Lipinski definition) is 5. The molecule has 118 valence electrons. The first-order valence-electron chi connectivity index (χ1n) is 6.88. The Hall–Kier alpha value is -2.71. The fraction of sp³-hybridized carbons (Fsp3) is 0.462. The van der Waals surface area contributed by atoms with Crippen LogP contribution in [0.25, 0.3) is 0 Å². The van der Waals surface area contributed by atoms with Crippen LogP contribution in [0.3, 0.4) is 0 Å². The number of aryl methyl sites for hydroxylation is 1. The van der Waals surface area contributed by atoms with E-state index in [0.717, 1.165) is 18.4 Å². The lowest BCUT2D eigenvalue weighted by Crippen LogP contribution is -2.33. The van der Waals surface area contributed by atoms with E-state index in [9.17, 15) is 14.9 Å². The van der Waals surface area contributed by atoms with Gasteiger partial charge in [0, 0.05) is 19.8 Å². The average Bonchev–Trinajstić information content (AvgIpc) is 3.14. The van der Waals surface area contributed by atoms with E-state index >= 15 is 0 Å². The number of likely N-dealkylation sites (N-methyl/N-ethyl adjacent to an activating group) is 1. The summed E-state index contributed by atoms with van der Waals surface area (Å²) in [4.78, 5) is 24.0. The standard InChI is InChI=1S/C13H18N6O3/c1-4-17-6-5-11(15-17)8-16(3)13(20)10(2)18-9-12(7-14-18)19(21)22/h5-7,9-10H,4,8H2,1-3H3. The van der Waals surface area contributed by atoms with E-state index in [4.69, 9.17) is 0 Å². The van der Waals surface area contributed by atoms with Crippen molar-refractivity contribution in [3.8, 4) is 0 Å². The maximum atomic E-state index is 12.4. The quantitative estimate of drug-likeness (QED) is 0.590. The molecular formula is C13H18N6O3. The Morgan fingerprint density at radius 1 is 1.55 bits per heavy atom. The summed E-state index contributed by atoms with van der Waals surface area (Å²) in [5.41, 5.74) is 0.653. The minimum Gasteiger partial charge on any atom is -0.338 e. The van der Waals surface area contributed by atoms with Crippen molar-refractivity contribution in [2.45, 2.75) is 33.0 Å². The molecule has 0 aliphatic rings. The molecule has 2 heterocycles.